The number of carbonyl (C=O) groups excluding carboxylic acids is 1. The van der Waals surface area contributed by atoms with E-state index in [1.807, 2.05) is 13.8 Å². The number of carbonyl (C=O) groups is 1. The molecule has 2 fully saturated rings. The Hall–Kier alpha value is -3.69. The molecule has 2 aliphatic heterocycles. The van der Waals surface area contributed by atoms with Gasteiger partial charge in [0, 0.05) is 57.1 Å². The summed E-state index contributed by atoms with van der Waals surface area (Å²) in [6.07, 6.45) is 0.825. The number of hydrogen-bond acceptors (Lipinski definition) is 8. The van der Waals surface area contributed by atoms with Crippen LogP contribution in [0.3, 0.4) is 0 Å². The van der Waals surface area contributed by atoms with E-state index in [-0.39, 0.29) is 42.1 Å². The standard InChI is InChI=1S/C32H41N5O4/c1-21(2)41-31-27(30(39-4)34-32(35-31)40-5)19-36-18-26-16-25(33-22(3)38)17-37(26)28(20-36)29(23-12-8-6-9-13-23)24-14-10-7-11-15-24/h6-15,21,25-26,28-29H,16-20H2,1-5H3,(H,33,38)/t25-,26+,28+/m1/s1. The smallest absolute Gasteiger partial charge is 0.322 e. The molecule has 2 aromatic carbocycles. The molecule has 2 aliphatic rings. The number of hydrogen-bond donors (Lipinski definition) is 1. The first-order chi connectivity index (χ1) is 19.9. The van der Waals surface area contributed by atoms with Crippen molar-refractivity contribution in [3.8, 4) is 17.8 Å². The van der Waals surface area contributed by atoms with Gasteiger partial charge in [-0.3, -0.25) is 14.6 Å². The van der Waals surface area contributed by atoms with E-state index in [0.717, 1.165) is 31.6 Å². The largest absolute Gasteiger partial charge is 0.481 e. The molecule has 0 radical (unpaired) electrons. The second-order valence-electron chi connectivity index (χ2n) is 11.2. The van der Waals surface area contributed by atoms with Gasteiger partial charge in [-0.15, -0.1) is 0 Å². The second-order valence-corrected chi connectivity index (χ2v) is 11.2. The number of piperazine rings is 1. The molecule has 41 heavy (non-hydrogen) atoms. The highest BCUT2D eigenvalue weighted by Crippen LogP contribution is 2.39. The van der Waals surface area contributed by atoms with Crippen LogP contribution in [0.25, 0.3) is 0 Å². The molecule has 1 amide bonds. The number of ether oxygens (including phenoxy) is 3. The molecular weight excluding hydrogens is 518 g/mol. The van der Waals surface area contributed by atoms with Crippen LogP contribution >= 0.6 is 0 Å². The molecule has 3 aromatic rings. The molecule has 0 saturated carbocycles. The lowest BCUT2D eigenvalue weighted by Crippen LogP contribution is -2.58. The third kappa shape index (κ3) is 6.63. The van der Waals surface area contributed by atoms with Crippen molar-refractivity contribution in [1.82, 2.24) is 25.1 Å². The zero-order valence-electron chi connectivity index (χ0n) is 24.6. The van der Waals surface area contributed by atoms with Crippen LogP contribution < -0.4 is 19.5 Å². The molecule has 0 aliphatic carbocycles. The minimum Gasteiger partial charge on any atom is -0.481 e. The maximum atomic E-state index is 12.0. The molecule has 0 unspecified atom stereocenters. The minimum atomic E-state index is -0.0727. The van der Waals surface area contributed by atoms with E-state index in [1.165, 1.54) is 18.2 Å². The second kappa shape index (κ2) is 12.9. The van der Waals surface area contributed by atoms with Gasteiger partial charge in [-0.2, -0.15) is 9.97 Å². The van der Waals surface area contributed by atoms with E-state index >= 15 is 0 Å². The molecular formula is C32H41N5O4. The molecule has 3 heterocycles. The van der Waals surface area contributed by atoms with Crippen LogP contribution in [0.2, 0.25) is 0 Å². The Morgan fingerprint density at radius 2 is 1.56 bits per heavy atom. The van der Waals surface area contributed by atoms with Gasteiger partial charge < -0.3 is 19.5 Å². The monoisotopic (exact) mass is 559 g/mol. The highest BCUT2D eigenvalue weighted by Gasteiger charge is 2.45. The fourth-order valence-electron chi connectivity index (χ4n) is 6.41. The van der Waals surface area contributed by atoms with Crippen molar-refractivity contribution in [1.29, 1.82) is 0 Å². The van der Waals surface area contributed by atoms with Gasteiger partial charge >= 0.3 is 6.01 Å². The lowest BCUT2D eigenvalue weighted by Gasteiger charge is -2.47. The minimum absolute atomic E-state index is 0.0153. The number of rotatable bonds is 10. The van der Waals surface area contributed by atoms with E-state index < -0.39 is 0 Å². The van der Waals surface area contributed by atoms with Crippen molar-refractivity contribution in [3.05, 3.63) is 77.4 Å². The van der Waals surface area contributed by atoms with Gasteiger partial charge in [0.1, 0.15) is 0 Å². The Bertz CT molecular complexity index is 1270. The summed E-state index contributed by atoms with van der Waals surface area (Å²) in [5, 5.41) is 3.19. The van der Waals surface area contributed by atoms with Crippen molar-refractivity contribution in [3.63, 3.8) is 0 Å². The summed E-state index contributed by atoms with van der Waals surface area (Å²) in [6.45, 7) is 8.61. The maximum absolute atomic E-state index is 12.0. The van der Waals surface area contributed by atoms with Gasteiger partial charge in [0.05, 0.1) is 25.9 Å². The molecule has 9 nitrogen and oxygen atoms in total. The Morgan fingerprint density at radius 1 is 0.927 bits per heavy atom. The summed E-state index contributed by atoms with van der Waals surface area (Å²) >= 11 is 0. The molecule has 5 rings (SSSR count). The summed E-state index contributed by atoms with van der Waals surface area (Å²) in [5.74, 6) is 1.10. The predicted molar refractivity (Wildman–Crippen MR) is 157 cm³/mol. The Kier molecular flexibility index (Phi) is 9.05. The van der Waals surface area contributed by atoms with Crippen LogP contribution in [0.1, 0.15) is 49.8 Å². The van der Waals surface area contributed by atoms with Crippen LogP contribution in [-0.4, -0.2) is 83.8 Å². The molecule has 1 N–H and O–H groups in total. The number of nitrogens with zero attached hydrogens (tertiary/aromatic N) is 4. The van der Waals surface area contributed by atoms with Crippen LogP contribution in [-0.2, 0) is 11.3 Å². The number of methoxy groups -OCH3 is 2. The summed E-state index contributed by atoms with van der Waals surface area (Å²) in [6, 6.07) is 22.3. The maximum Gasteiger partial charge on any atom is 0.322 e. The number of nitrogens with one attached hydrogen (secondary N) is 1. The Balaban J connectivity index is 1.53. The highest BCUT2D eigenvalue weighted by molar-refractivity contribution is 5.73. The first kappa shape index (κ1) is 28.8. The van der Waals surface area contributed by atoms with Gasteiger partial charge in [0.2, 0.25) is 17.7 Å². The topological polar surface area (TPSA) is 89.1 Å². The molecule has 2 saturated heterocycles. The molecule has 218 valence electrons. The third-order valence-electron chi connectivity index (χ3n) is 7.92. The van der Waals surface area contributed by atoms with Crippen molar-refractivity contribution >= 4 is 5.91 Å². The molecule has 9 heteroatoms. The quantitative estimate of drug-likeness (QED) is 0.401. The van der Waals surface area contributed by atoms with Gasteiger partial charge in [-0.1, -0.05) is 60.7 Å². The molecule has 1 aromatic heterocycles. The van der Waals surface area contributed by atoms with Crippen molar-refractivity contribution in [2.45, 2.75) is 63.9 Å². The molecule has 0 bridgehead atoms. The fourth-order valence-corrected chi connectivity index (χ4v) is 6.41. The van der Waals surface area contributed by atoms with E-state index in [2.05, 4.69) is 85.7 Å². The van der Waals surface area contributed by atoms with Crippen molar-refractivity contribution in [2.75, 3.05) is 33.9 Å². The van der Waals surface area contributed by atoms with E-state index in [1.54, 1.807) is 14.0 Å². The zero-order valence-corrected chi connectivity index (χ0v) is 24.6. The van der Waals surface area contributed by atoms with Gasteiger partial charge in [0.25, 0.3) is 0 Å². The summed E-state index contributed by atoms with van der Waals surface area (Å²) in [5.41, 5.74) is 3.37. The zero-order chi connectivity index (χ0) is 28.9. The average molecular weight is 560 g/mol. The molecule has 0 spiro atoms. The SMILES string of the molecule is COc1nc(OC)c(CN2C[C@@H]3C[C@@H](NC(C)=O)CN3[C@H](C(c3ccccc3)c3ccccc3)C2)c(OC(C)C)n1. The predicted octanol–water partition coefficient (Wildman–Crippen LogP) is 3.88. The van der Waals surface area contributed by atoms with Crippen molar-refractivity contribution < 1.29 is 19.0 Å². The van der Waals surface area contributed by atoms with Crippen LogP contribution in [0.5, 0.6) is 17.8 Å². The average Bonchev–Trinajstić information content (AvgIpc) is 3.36. The number of benzene rings is 2. The van der Waals surface area contributed by atoms with Crippen LogP contribution in [0, 0.1) is 0 Å². The van der Waals surface area contributed by atoms with Crippen LogP contribution in [0.4, 0.5) is 0 Å². The van der Waals surface area contributed by atoms with E-state index in [0.29, 0.717) is 18.3 Å². The van der Waals surface area contributed by atoms with Gasteiger partial charge in [0.15, 0.2) is 0 Å². The third-order valence-corrected chi connectivity index (χ3v) is 7.92. The number of aromatic nitrogens is 2. The normalized spacial score (nSPS) is 21.1. The summed E-state index contributed by atoms with van der Waals surface area (Å²) in [4.78, 5) is 26.1. The van der Waals surface area contributed by atoms with E-state index in [4.69, 9.17) is 14.2 Å². The highest BCUT2D eigenvalue weighted by atomic mass is 16.5. The lowest BCUT2D eigenvalue weighted by atomic mass is 9.82. The summed E-state index contributed by atoms with van der Waals surface area (Å²) < 4.78 is 17.2. The van der Waals surface area contributed by atoms with Gasteiger partial charge in [-0.25, -0.2) is 0 Å². The molecule has 3 atom stereocenters. The number of amides is 1. The lowest BCUT2D eigenvalue weighted by molar-refractivity contribution is -0.119. The number of fused-ring (bicyclic) bond motifs is 1. The van der Waals surface area contributed by atoms with E-state index in [9.17, 15) is 4.79 Å². The van der Waals surface area contributed by atoms with Crippen molar-refractivity contribution in [2.24, 2.45) is 0 Å². The Morgan fingerprint density at radius 3 is 2.12 bits per heavy atom. The summed E-state index contributed by atoms with van der Waals surface area (Å²) in [7, 11) is 3.15. The first-order valence-corrected chi connectivity index (χ1v) is 14.4. The van der Waals surface area contributed by atoms with Gasteiger partial charge in [-0.05, 0) is 31.4 Å². The first-order valence-electron chi connectivity index (χ1n) is 14.4. The Labute approximate surface area is 242 Å². The fraction of sp³-hybridized carbons (Fsp3) is 0.469. The van der Waals surface area contributed by atoms with Crippen LogP contribution in [0.15, 0.2) is 60.7 Å².